The first-order chi connectivity index (χ1) is 9.21. The molecule has 0 atom stereocenters. The van der Waals surface area contributed by atoms with Crippen molar-refractivity contribution >= 4 is 0 Å². The lowest BCUT2D eigenvalue weighted by Crippen LogP contribution is -2.17. The molecule has 0 unspecified atom stereocenters. The van der Waals surface area contributed by atoms with Crippen molar-refractivity contribution in [2.45, 2.75) is 25.4 Å². The summed E-state index contributed by atoms with van der Waals surface area (Å²) in [6.07, 6.45) is -3.61. The Balaban J connectivity index is 2.27. The van der Waals surface area contributed by atoms with Crippen molar-refractivity contribution < 1.29 is 17.6 Å². The quantitative estimate of drug-likeness (QED) is 0.646. The van der Waals surface area contributed by atoms with Gasteiger partial charge in [0, 0.05) is 17.2 Å². The zero-order valence-electron chi connectivity index (χ0n) is 10.8. The molecule has 1 aromatic carbocycles. The van der Waals surface area contributed by atoms with Gasteiger partial charge in [0.15, 0.2) is 0 Å². The molecule has 0 N–H and O–H groups in total. The minimum atomic E-state index is -4.43. The highest BCUT2D eigenvalue weighted by Gasteiger charge is 2.40. The third-order valence-corrected chi connectivity index (χ3v) is 3.80. The monoisotopic (exact) mass is 281 g/mol. The standard InChI is InChI=1S/C15H11F4N/c1-14(2)11-6-9(16)3-4-10(11)13-12(14)5-8(7-20-13)15(17,18)19/h3-7H,1-2H3. The topological polar surface area (TPSA) is 12.9 Å². The lowest BCUT2D eigenvalue weighted by molar-refractivity contribution is -0.137. The maximum atomic E-state index is 13.4. The molecular weight excluding hydrogens is 270 g/mol. The van der Waals surface area contributed by atoms with Crippen molar-refractivity contribution in [1.82, 2.24) is 4.98 Å². The van der Waals surface area contributed by atoms with Crippen LogP contribution in [0.3, 0.4) is 0 Å². The Hall–Kier alpha value is -1.91. The number of aromatic nitrogens is 1. The molecule has 20 heavy (non-hydrogen) atoms. The van der Waals surface area contributed by atoms with E-state index >= 15 is 0 Å². The minimum absolute atomic E-state index is 0.402. The van der Waals surface area contributed by atoms with Crippen LogP contribution in [-0.4, -0.2) is 4.98 Å². The minimum Gasteiger partial charge on any atom is -0.255 e. The van der Waals surface area contributed by atoms with Crippen LogP contribution in [0.2, 0.25) is 0 Å². The summed E-state index contributed by atoms with van der Waals surface area (Å²) in [7, 11) is 0. The predicted molar refractivity (Wildman–Crippen MR) is 66.8 cm³/mol. The lowest BCUT2D eigenvalue weighted by Gasteiger charge is -2.21. The Morgan fingerprint density at radius 2 is 1.75 bits per heavy atom. The first-order valence-corrected chi connectivity index (χ1v) is 6.09. The van der Waals surface area contributed by atoms with Crippen LogP contribution in [0, 0.1) is 5.82 Å². The zero-order valence-corrected chi connectivity index (χ0v) is 10.8. The molecule has 1 aliphatic rings. The second-order valence-electron chi connectivity index (χ2n) is 5.43. The fraction of sp³-hybridized carbons (Fsp3) is 0.267. The van der Waals surface area contributed by atoms with Crippen LogP contribution < -0.4 is 0 Å². The molecule has 3 rings (SSSR count). The zero-order chi connectivity index (χ0) is 14.7. The molecule has 0 saturated carbocycles. The highest BCUT2D eigenvalue weighted by molar-refractivity contribution is 5.77. The molecule has 0 spiro atoms. The van der Waals surface area contributed by atoms with Gasteiger partial charge in [-0.1, -0.05) is 13.8 Å². The molecule has 0 fully saturated rings. The molecule has 0 aliphatic heterocycles. The van der Waals surface area contributed by atoms with Crippen LogP contribution in [0.15, 0.2) is 30.5 Å². The highest BCUT2D eigenvalue weighted by Crippen LogP contribution is 2.48. The normalized spacial score (nSPS) is 15.9. The van der Waals surface area contributed by atoms with E-state index in [1.807, 2.05) is 0 Å². The third kappa shape index (κ3) is 1.72. The van der Waals surface area contributed by atoms with Crippen molar-refractivity contribution in [2.75, 3.05) is 0 Å². The summed E-state index contributed by atoms with van der Waals surface area (Å²) in [6, 6.07) is 5.34. The smallest absolute Gasteiger partial charge is 0.255 e. The Labute approximate surface area is 113 Å². The van der Waals surface area contributed by atoms with Crippen LogP contribution in [0.4, 0.5) is 17.6 Å². The Bertz CT molecular complexity index is 702. The van der Waals surface area contributed by atoms with E-state index in [0.29, 0.717) is 22.4 Å². The summed E-state index contributed by atoms with van der Waals surface area (Å²) in [5.74, 6) is -0.402. The number of hydrogen-bond acceptors (Lipinski definition) is 1. The van der Waals surface area contributed by atoms with Crippen molar-refractivity contribution in [3.05, 3.63) is 53.0 Å². The number of halogens is 4. The molecule has 1 aromatic heterocycles. The summed E-state index contributed by atoms with van der Waals surface area (Å²) in [5.41, 5.74) is 0.865. The van der Waals surface area contributed by atoms with Crippen molar-refractivity contribution in [2.24, 2.45) is 0 Å². The fourth-order valence-corrected chi connectivity index (χ4v) is 2.70. The van der Waals surface area contributed by atoms with E-state index in [2.05, 4.69) is 4.98 Å². The van der Waals surface area contributed by atoms with Gasteiger partial charge in [-0.05, 0) is 35.4 Å². The van der Waals surface area contributed by atoms with Gasteiger partial charge in [0.2, 0.25) is 0 Å². The van der Waals surface area contributed by atoms with Crippen molar-refractivity contribution in [3.8, 4) is 11.3 Å². The number of pyridine rings is 1. The summed E-state index contributed by atoms with van der Waals surface area (Å²) >= 11 is 0. The Kier molecular flexibility index (Phi) is 2.49. The van der Waals surface area contributed by atoms with E-state index < -0.39 is 23.0 Å². The van der Waals surface area contributed by atoms with Gasteiger partial charge in [-0.15, -0.1) is 0 Å². The van der Waals surface area contributed by atoms with Crippen LogP contribution in [0.25, 0.3) is 11.3 Å². The first kappa shape index (κ1) is 13.1. The Morgan fingerprint density at radius 1 is 1.05 bits per heavy atom. The maximum absolute atomic E-state index is 13.4. The van der Waals surface area contributed by atoms with Gasteiger partial charge in [-0.3, -0.25) is 4.98 Å². The Morgan fingerprint density at radius 3 is 2.40 bits per heavy atom. The van der Waals surface area contributed by atoms with E-state index in [1.165, 1.54) is 12.1 Å². The summed E-state index contributed by atoms with van der Waals surface area (Å²) in [6.45, 7) is 3.55. The molecule has 0 saturated heterocycles. The SMILES string of the molecule is CC1(C)c2cc(F)ccc2-c2ncc(C(F)(F)F)cc21. The van der Waals surface area contributed by atoms with Crippen LogP contribution in [0.5, 0.6) is 0 Å². The maximum Gasteiger partial charge on any atom is 0.417 e. The average molecular weight is 281 g/mol. The van der Waals surface area contributed by atoms with E-state index in [4.69, 9.17) is 0 Å². The molecular formula is C15H11F4N. The predicted octanol–water partition coefficient (Wildman–Crippen LogP) is 4.55. The van der Waals surface area contributed by atoms with Gasteiger partial charge < -0.3 is 0 Å². The molecule has 1 heterocycles. The van der Waals surface area contributed by atoms with E-state index in [0.717, 1.165) is 12.3 Å². The van der Waals surface area contributed by atoms with Crippen molar-refractivity contribution in [3.63, 3.8) is 0 Å². The van der Waals surface area contributed by atoms with Crippen molar-refractivity contribution in [1.29, 1.82) is 0 Å². The summed E-state index contributed by atoms with van der Waals surface area (Å²) in [4.78, 5) is 3.95. The molecule has 0 radical (unpaired) electrons. The van der Waals surface area contributed by atoms with Gasteiger partial charge >= 0.3 is 6.18 Å². The summed E-state index contributed by atoms with van der Waals surface area (Å²) in [5, 5.41) is 0. The van der Waals surface area contributed by atoms with E-state index in [1.54, 1.807) is 19.9 Å². The molecule has 1 nitrogen and oxygen atoms in total. The highest BCUT2D eigenvalue weighted by atomic mass is 19.4. The molecule has 2 aromatic rings. The number of fused-ring (bicyclic) bond motifs is 3. The van der Waals surface area contributed by atoms with Crippen LogP contribution in [-0.2, 0) is 11.6 Å². The molecule has 104 valence electrons. The number of hydrogen-bond donors (Lipinski definition) is 0. The van der Waals surface area contributed by atoms with Gasteiger partial charge in [-0.2, -0.15) is 13.2 Å². The van der Waals surface area contributed by atoms with Gasteiger partial charge in [0.25, 0.3) is 0 Å². The number of nitrogens with zero attached hydrogens (tertiary/aromatic N) is 1. The molecule has 5 heteroatoms. The number of benzene rings is 1. The fourth-order valence-electron chi connectivity index (χ4n) is 2.70. The van der Waals surface area contributed by atoms with E-state index in [-0.39, 0.29) is 0 Å². The molecule has 0 bridgehead atoms. The van der Waals surface area contributed by atoms with E-state index in [9.17, 15) is 17.6 Å². The number of rotatable bonds is 0. The van der Waals surface area contributed by atoms with Gasteiger partial charge in [-0.25, -0.2) is 4.39 Å². The van der Waals surface area contributed by atoms with Crippen LogP contribution in [0.1, 0.15) is 30.5 Å². The van der Waals surface area contributed by atoms with Gasteiger partial charge in [0.1, 0.15) is 5.82 Å². The molecule has 0 amide bonds. The average Bonchev–Trinajstić information content (AvgIpc) is 2.57. The summed E-state index contributed by atoms with van der Waals surface area (Å²) < 4.78 is 51.8. The molecule has 1 aliphatic carbocycles. The largest absolute Gasteiger partial charge is 0.417 e. The number of alkyl halides is 3. The second-order valence-corrected chi connectivity index (χ2v) is 5.43. The second kappa shape index (κ2) is 3.81. The van der Waals surface area contributed by atoms with Gasteiger partial charge in [0.05, 0.1) is 11.3 Å². The lowest BCUT2D eigenvalue weighted by atomic mass is 9.82. The third-order valence-electron chi connectivity index (χ3n) is 3.80. The first-order valence-electron chi connectivity index (χ1n) is 6.09. The van der Waals surface area contributed by atoms with Crippen LogP contribution >= 0.6 is 0 Å².